The first-order valence-electron chi connectivity index (χ1n) is 7.49. The first-order chi connectivity index (χ1) is 11.6. The molecule has 1 aliphatic rings. The smallest absolute Gasteiger partial charge is 0.337 e. The van der Waals surface area contributed by atoms with E-state index in [-0.39, 0.29) is 12.0 Å². The highest BCUT2D eigenvalue weighted by Crippen LogP contribution is 2.36. The second-order valence-electron chi connectivity index (χ2n) is 5.46. The maximum atomic E-state index is 12.3. The molecule has 6 heteroatoms. The van der Waals surface area contributed by atoms with Gasteiger partial charge in [0.15, 0.2) is 5.11 Å². The lowest BCUT2D eigenvalue weighted by Crippen LogP contribution is -2.45. The highest BCUT2D eigenvalue weighted by Gasteiger charge is 2.31. The molecule has 2 aromatic rings. The van der Waals surface area contributed by atoms with Crippen molar-refractivity contribution in [2.45, 2.75) is 13.0 Å². The van der Waals surface area contributed by atoms with E-state index >= 15 is 0 Å². The predicted molar refractivity (Wildman–Crippen MR) is 96.8 cm³/mol. The Bertz CT molecular complexity index is 860. The van der Waals surface area contributed by atoms with Crippen LogP contribution >= 0.6 is 12.2 Å². The second-order valence-corrected chi connectivity index (χ2v) is 5.87. The number of esters is 1. The average Bonchev–Trinajstić information content (AvgIpc) is 2.59. The number of benzene rings is 2. The van der Waals surface area contributed by atoms with E-state index in [2.05, 4.69) is 10.6 Å². The van der Waals surface area contributed by atoms with Gasteiger partial charge in [-0.2, -0.15) is 0 Å². The summed E-state index contributed by atoms with van der Waals surface area (Å²) in [6.07, 6.45) is 0. The van der Waals surface area contributed by atoms with Gasteiger partial charge in [0, 0.05) is 11.1 Å². The molecule has 0 radical (unpaired) electrons. The number of carbonyl (C=O) groups excluding carboxylic acids is 1. The molecular weight excluding hydrogens is 324 g/mol. The number of thiocarbonyl (C=S) groups is 1. The number of fused-ring (bicyclic) bond motifs is 1. The molecule has 5 nitrogen and oxygen atoms in total. The number of nitrogens with one attached hydrogen (secondary N) is 2. The van der Waals surface area contributed by atoms with Crippen LogP contribution in [0, 0.1) is 0 Å². The molecule has 0 saturated carbocycles. The molecule has 1 heterocycles. The van der Waals surface area contributed by atoms with Gasteiger partial charge >= 0.3 is 5.97 Å². The minimum absolute atomic E-state index is 0.387. The molecule has 0 bridgehead atoms. The second kappa shape index (κ2) is 6.49. The molecule has 3 rings (SSSR count). The van der Waals surface area contributed by atoms with E-state index in [1.54, 1.807) is 7.11 Å². The number of allylic oxidation sites excluding steroid dienone is 1. The molecule has 124 valence electrons. The van der Waals surface area contributed by atoms with Crippen LogP contribution in [0.1, 0.15) is 18.5 Å². The molecule has 0 spiro atoms. The summed E-state index contributed by atoms with van der Waals surface area (Å²) < 4.78 is 10.4. The summed E-state index contributed by atoms with van der Waals surface area (Å²) in [6, 6.07) is 11.4. The van der Waals surface area contributed by atoms with Crippen molar-refractivity contribution in [1.29, 1.82) is 0 Å². The SMILES string of the molecule is COC(=O)C1=C(C)NC(=S)NC1c1ccc(OC)c2ccccc12. The van der Waals surface area contributed by atoms with Crippen molar-refractivity contribution >= 4 is 34.1 Å². The molecule has 1 atom stereocenters. The lowest BCUT2D eigenvalue weighted by atomic mass is 9.91. The van der Waals surface area contributed by atoms with Gasteiger partial charge in [-0.15, -0.1) is 0 Å². The molecule has 0 amide bonds. The highest BCUT2D eigenvalue weighted by molar-refractivity contribution is 7.80. The van der Waals surface area contributed by atoms with E-state index in [1.165, 1.54) is 7.11 Å². The molecular formula is C18H18N2O3S. The molecule has 1 aliphatic heterocycles. The van der Waals surface area contributed by atoms with Crippen LogP contribution in [-0.4, -0.2) is 25.3 Å². The lowest BCUT2D eigenvalue weighted by molar-refractivity contribution is -0.136. The van der Waals surface area contributed by atoms with E-state index in [0.717, 1.165) is 22.1 Å². The highest BCUT2D eigenvalue weighted by atomic mass is 32.1. The summed E-state index contributed by atoms with van der Waals surface area (Å²) >= 11 is 5.27. The third-order valence-corrected chi connectivity index (χ3v) is 4.34. The van der Waals surface area contributed by atoms with Gasteiger partial charge in [-0.3, -0.25) is 0 Å². The van der Waals surface area contributed by atoms with Crippen molar-refractivity contribution in [3.63, 3.8) is 0 Å². The topological polar surface area (TPSA) is 59.6 Å². The number of hydrogen-bond donors (Lipinski definition) is 2. The van der Waals surface area contributed by atoms with Gasteiger partial charge in [-0.05, 0) is 36.2 Å². The molecule has 24 heavy (non-hydrogen) atoms. The Morgan fingerprint density at radius 1 is 1.12 bits per heavy atom. The Balaban J connectivity index is 2.23. The summed E-state index contributed by atoms with van der Waals surface area (Å²) in [6.45, 7) is 1.82. The van der Waals surface area contributed by atoms with Crippen LogP contribution in [0.25, 0.3) is 10.8 Å². The fourth-order valence-corrected chi connectivity index (χ4v) is 3.30. The molecule has 0 fully saturated rings. The Morgan fingerprint density at radius 3 is 2.50 bits per heavy atom. The van der Waals surface area contributed by atoms with Gasteiger partial charge in [-0.1, -0.05) is 30.3 Å². The van der Waals surface area contributed by atoms with Crippen LogP contribution in [0.15, 0.2) is 47.7 Å². The van der Waals surface area contributed by atoms with Crippen molar-refractivity contribution in [1.82, 2.24) is 10.6 Å². The summed E-state index contributed by atoms with van der Waals surface area (Å²) in [5.74, 6) is 0.395. The fourth-order valence-electron chi connectivity index (χ4n) is 3.03. The third-order valence-electron chi connectivity index (χ3n) is 4.12. The zero-order chi connectivity index (χ0) is 17.3. The Kier molecular flexibility index (Phi) is 4.40. The van der Waals surface area contributed by atoms with Crippen molar-refractivity contribution in [3.05, 3.63) is 53.2 Å². The normalized spacial score (nSPS) is 17.3. The van der Waals surface area contributed by atoms with Gasteiger partial charge in [-0.25, -0.2) is 4.79 Å². The number of rotatable bonds is 3. The lowest BCUT2D eigenvalue weighted by Gasteiger charge is -2.30. The van der Waals surface area contributed by atoms with E-state index in [9.17, 15) is 4.79 Å². The van der Waals surface area contributed by atoms with Crippen molar-refractivity contribution in [3.8, 4) is 5.75 Å². The predicted octanol–water partition coefficient (Wildman–Crippen LogP) is 2.81. The fraction of sp³-hybridized carbons (Fsp3) is 0.222. The van der Waals surface area contributed by atoms with Crippen molar-refractivity contribution < 1.29 is 14.3 Å². The zero-order valence-electron chi connectivity index (χ0n) is 13.7. The van der Waals surface area contributed by atoms with Crippen LogP contribution in [0.2, 0.25) is 0 Å². The number of hydrogen-bond acceptors (Lipinski definition) is 4. The van der Waals surface area contributed by atoms with Crippen LogP contribution < -0.4 is 15.4 Å². The number of methoxy groups -OCH3 is 2. The Labute approximate surface area is 145 Å². The van der Waals surface area contributed by atoms with E-state index < -0.39 is 0 Å². The average molecular weight is 342 g/mol. The Morgan fingerprint density at radius 2 is 1.83 bits per heavy atom. The molecule has 0 saturated heterocycles. The zero-order valence-corrected chi connectivity index (χ0v) is 14.5. The van der Waals surface area contributed by atoms with Gasteiger partial charge in [0.05, 0.1) is 25.8 Å². The standard InChI is InChI=1S/C18H18N2O3S/c1-10-15(17(21)23-3)16(20-18(24)19-10)13-8-9-14(22-2)12-7-5-4-6-11(12)13/h4-9,16H,1-3H3,(H2,19,20,24). The summed E-state index contributed by atoms with van der Waals surface area (Å²) in [7, 11) is 3.02. The minimum Gasteiger partial charge on any atom is -0.496 e. The summed E-state index contributed by atoms with van der Waals surface area (Å²) in [5, 5.41) is 8.62. The van der Waals surface area contributed by atoms with Crippen molar-refractivity contribution in [2.24, 2.45) is 0 Å². The van der Waals surface area contributed by atoms with E-state index in [4.69, 9.17) is 21.7 Å². The largest absolute Gasteiger partial charge is 0.496 e. The first kappa shape index (κ1) is 16.3. The van der Waals surface area contributed by atoms with Gasteiger partial charge in [0.25, 0.3) is 0 Å². The third kappa shape index (κ3) is 2.69. The maximum Gasteiger partial charge on any atom is 0.337 e. The van der Waals surface area contributed by atoms with Crippen LogP contribution in [0.4, 0.5) is 0 Å². The van der Waals surface area contributed by atoms with Crippen LogP contribution in [-0.2, 0) is 9.53 Å². The van der Waals surface area contributed by atoms with E-state index in [1.807, 2.05) is 43.3 Å². The van der Waals surface area contributed by atoms with Crippen LogP contribution in [0.3, 0.4) is 0 Å². The number of ether oxygens (including phenoxy) is 2. The summed E-state index contributed by atoms with van der Waals surface area (Å²) in [4.78, 5) is 12.3. The van der Waals surface area contributed by atoms with Gasteiger partial charge in [0.1, 0.15) is 5.75 Å². The number of carbonyl (C=O) groups is 1. The van der Waals surface area contributed by atoms with Crippen molar-refractivity contribution in [2.75, 3.05) is 14.2 Å². The first-order valence-corrected chi connectivity index (χ1v) is 7.90. The van der Waals surface area contributed by atoms with Gasteiger partial charge in [0.2, 0.25) is 0 Å². The molecule has 2 N–H and O–H groups in total. The summed E-state index contributed by atoms with van der Waals surface area (Å²) in [5.41, 5.74) is 2.15. The maximum absolute atomic E-state index is 12.3. The molecule has 0 aliphatic carbocycles. The molecule has 2 aromatic carbocycles. The molecule has 1 unspecified atom stereocenters. The van der Waals surface area contributed by atoms with Crippen LogP contribution in [0.5, 0.6) is 5.75 Å². The van der Waals surface area contributed by atoms with E-state index in [0.29, 0.717) is 16.4 Å². The minimum atomic E-state index is -0.389. The Hall–Kier alpha value is -2.60. The molecule has 0 aromatic heterocycles. The van der Waals surface area contributed by atoms with Gasteiger partial charge < -0.3 is 20.1 Å². The quantitative estimate of drug-likeness (QED) is 0.661. The monoisotopic (exact) mass is 342 g/mol.